The molecule has 2 aromatic rings. The second kappa shape index (κ2) is 10.1. The molecule has 1 aromatic carbocycles. The van der Waals surface area contributed by atoms with E-state index in [4.69, 9.17) is 17.3 Å². The number of nitrogens with zero attached hydrogens (tertiary/aromatic N) is 3. The normalized spacial score (nSPS) is 16.1. The van der Waals surface area contributed by atoms with E-state index in [0.29, 0.717) is 17.4 Å². The number of carbonyl (C=O) groups excluding carboxylic acids is 2. The minimum Gasteiger partial charge on any atom is -0.388 e. The van der Waals surface area contributed by atoms with E-state index in [1.165, 1.54) is 18.2 Å². The molecule has 1 aliphatic rings. The number of primary amides is 1. The summed E-state index contributed by atoms with van der Waals surface area (Å²) in [4.78, 5) is 48.5. The molecule has 0 spiro atoms. The summed E-state index contributed by atoms with van der Waals surface area (Å²) >= 11 is 6.20. The minimum atomic E-state index is -0.969. The number of nitrogens with two attached hydrogens (primary N) is 1. The lowest BCUT2D eigenvalue weighted by atomic mass is 9.87. The highest BCUT2D eigenvalue weighted by Gasteiger charge is 2.28. The molecule has 2 amide bonds. The van der Waals surface area contributed by atoms with Crippen molar-refractivity contribution >= 4 is 23.4 Å². The Balaban J connectivity index is 1.84. The van der Waals surface area contributed by atoms with Crippen LogP contribution in [0.15, 0.2) is 34.0 Å². The van der Waals surface area contributed by atoms with Crippen LogP contribution in [0.5, 0.6) is 0 Å². The molecule has 0 atom stereocenters. The van der Waals surface area contributed by atoms with E-state index >= 15 is 0 Å². The molecule has 0 saturated heterocycles. The fourth-order valence-electron chi connectivity index (χ4n) is 3.81. The molecule has 1 heterocycles. The number of benzene rings is 1. The van der Waals surface area contributed by atoms with Gasteiger partial charge in [0.15, 0.2) is 0 Å². The number of rotatable bonds is 6. The summed E-state index contributed by atoms with van der Waals surface area (Å²) in [6.45, 7) is -0.506. The van der Waals surface area contributed by atoms with Crippen LogP contribution in [0.3, 0.4) is 0 Å². The highest BCUT2D eigenvalue weighted by atomic mass is 35.5. The molecule has 32 heavy (non-hydrogen) atoms. The number of hydrogen-bond donors (Lipinski definition) is 3. The van der Waals surface area contributed by atoms with E-state index in [-0.39, 0.29) is 22.8 Å². The average Bonchev–Trinajstić information content (AvgIpc) is 2.73. The summed E-state index contributed by atoms with van der Waals surface area (Å²) in [5.41, 5.74) is 2.73. The number of aromatic nitrogens is 3. The van der Waals surface area contributed by atoms with Gasteiger partial charge in [-0.2, -0.15) is 9.78 Å². The highest BCUT2D eigenvalue weighted by Crippen LogP contribution is 2.26. The first-order chi connectivity index (χ1) is 15.2. The van der Waals surface area contributed by atoms with Crippen LogP contribution in [0.2, 0.25) is 5.02 Å². The third-order valence-corrected chi connectivity index (χ3v) is 5.91. The largest absolute Gasteiger partial charge is 0.388 e. The smallest absolute Gasteiger partial charge is 0.352 e. The van der Waals surface area contributed by atoms with Crippen molar-refractivity contribution in [3.63, 3.8) is 0 Å². The Morgan fingerprint density at radius 3 is 2.47 bits per heavy atom. The summed E-state index contributed by atoms with van der Waals surface area (Å²) in [5, 5.41) is 17.6. The Bertz CT molecular complexity index is 1120. The molecule has 4 N–H and O–H groups in total. The number of aliphatic hydroxyl groups is 1. The predicted molar refractivity (Wildman–Crippen MR) is 118 cm³/mol. The van der Waals surface area contributed by atoms with Crippen LogP contribution in [-0.4, -0.2) is 43.4 Å². The number of amides is 2. The van der Waals surface area contributed by atoms with Crippen LogP contribution in [0.25, 0.3) is 5.69 Å². The molecule has 10 nitrogen and oxygen atoms in total. The van der Waals surface area contributed by atoms with E-state index in [2.05, 4.69) is 10.4 Å². The molecule has 172 valence electrons. The van der Waals surface area contributed by atoms with Crippen molar-refractivity contribution < 1.29 is 14.7 Å². The molecule has 0 bridgehead atoms. The molecule has 1 aromatic heterocycles. The Hall–Kier alpha value is -2.98. The zero-order chi connectivity index (χ0) is 23.3. The second-order valence-electron chi connectivity index (χ2n) is 8.07. The minimum absolute atomic E-state index is 0.0833. The zero-order valence-corrected chi connectivity index (χ0v) is 18.3. The first kappa shape index (κ1) is 23.7. The summed E-state index contributed by atoms with van der Waals surface area (Å²) in [6.07, 6.45) is 7.18. The Kier molecular flexibility index (Phi) is 7.47. The molecule has 3 rings (SSSR count). The zero-order valence-electron chi connectivity index (χ0n) is 17.6. The lowest BCUT2D eigenvalue weighted by Gasteiger charge is -2.30. The first-order valence-corrected chi connectivity index (χ1v) is 10.9. The van der Waals surface area contributed by atoms with E-state index in [1.807, 2.05) is 0 Å². The van der Waals surface area contributed by atoms with Crippen molar-refractivity contribution in [2.75, 3.05) is 6.54 Å². The first-order valence-electron chi connectivity index (χ1n) is 10.5. The maximum atomic E-state index is 12.8. The maximum Gasteiger partial charge on any atom is 0.352 e. The van der Waals surface area contributed by atoms with Gasteiger partial charge in [0, 0.05) is 6.54 Å². The van der Waals surface area contributed by atoms with E-state index in [0.717, 1.165) is 43.0 Å². The fourth-order valence-corrected chi connectivity index (χ4v) is 4.02. The van der Waals surface area contributed by atoms with Gasteiger partial charge in [-0.3, -0.25) is 14.4 Å². The molecule has 1 fully saturated rings. The van der Waals surface area contributed by atoms with E-state index in [9.17, 15) is 24.3 Å². The molecule has 11 heteroatoms. The van der Waals surface area contributed by atoms with E-state index < -0.39 is 35.2 Å². The van der Waals surface area contributed by atoms with Crippen LogP contribution in [0.1, 0.15) is 55.3 Å². The molecule has 0 aliphatic heterocycles. The van der Waals surface area contributed by atoms with Gasteiger partial charge < -0.3 is 16.2 Å². The van der Waals surface area contributed by atoms with Crippen molar-refractivity contribution in [3.05, 3.63) is 55.8 Å². The van der Waals surface area contributed by atoms with Crippen LogP contribution in [0.4, 0.5) is 0 Å². The van der Waals surface area contributed by atoms with Crippen molar-refractivity contribution in [1.82, 2.24) is 19.7 Å². The van der Waals surface area contributed by atoms with Crippen molar-refractivity contribution in [2.24, 2.45) is 5.73 Å². The van der Waals surface area contributed by atoms with Gasteiger partial charge in [-0.15, -0.1) is 0 Å². The van der Waals surface area contributed by atoms with Gasteiger partial charge >= 0.3 is 5.69 Å². The SMILES string of the molecule is NC(=O)Cn1c(=O)cnn(-c2ccc(Cl)c(C(=O)NCC3(O)CCCCCCC3)c2)c1=O. The van der Waals surface area contributed by atoms with Crippen molar-refractivity contribution in [3.8, 4) is 5.69 Å². The van der Waals surface area contributed by atoms with Crippen LogP contribution < -0.4 is 22.3 Å². The number of hydrogen-bond acceptors (Lipinski definition) is 6. The van der Waals surface area contributed by atoms with Gasteiger partial charge in [0.25, 0.3) is 11.5 Å². The van der Waals surface area contributed by atoms with Gasteiger partial charge in [0.2, 0.25) is 5.91 Å². The highest BCUT2D eigenvalue weighted by molar-refractivity contribution is 6.33. The molecular weight excluding hydrogens is 438 g/mol. The lowest BCUT2D eigenvalue weighted by molar-refractivity contribution is -0.118. The summed E-state index contributed by atoms with van der Waals surface area (Å²) in [5.74, 6) is -1.36. The third-order valence-electron chi connectivity index (χ3n) is 5.58. The van der Waals surface area contributed by atoms with Gasteiger partial charge in [-0.1, -0.05) is 43.7 Å². The average molecular weight is 464 g/mol. The Morgan fingerprint density at radius 2 is 1.81 bits per heavy atom. The number of carbonyl (C=O) groups is 2. The topological polar surface area (TPSA) is 149 Å². The van der Waals surface area contributed by atoms with Crippen LogP contribution in [0, 0.1) is 0 Å². The predicted octanol–water partition coefficient (Wildman–Crippen LogP) is 0.738. The number of nitrogens with one attached hydrogen (secondary N) is 1. The molecule has 0 unspecified atom stereocenters. The third kappa shape index (κ3) is 5.63. The number of halogens is 1. The molecule has 0 radical (unpaired) electrons. The van der Waals surface area contributed by atoms with Gasteiger partial charge in [0.05, 0.1) is 21.9 Å². The quantitative estimate of drug-likeness (QED) is 0.575. The maximum absolute atomic E-state index is 12.8. The summed E-state index contributed by atoms with van der Waals surface area (Å²) in [7, 11) is 0. The van der Waals surface area contributed by atoms with Gasteiger partial charge in [-0.25, -0.2) is 9.36 Å². The summed E-state index contributed by atoms with van der Waals surface area (Å²) < 4.78 is 1.52. The lowest BCUT2D eigenvalue weighted by Crippen LogP contribution is -2.43. The standard InChI is InChI=1S/C21H26ClN5O5/c22-16-7-6-14(27-20(31)26(12-17(23)28)18(29)11-25-27)10-15(16)19(30)24-13-21(32)8-4-2-1-3-5-9-21/h6-7,10-11,32H,1-5,8-9,12-13H2,(H2,23,28)(H,24,30). The van der Waals surface area contributed by atoms with Crippen LogP contribution in [-0.2, 0) is 11.3 Å². The Morgan fingerprint density at radius 1 is 1.16 bits per heavy atom. The van der Waals surface area contributed by atoms with E-state index in [1.54, 1.807) is 0 Å². The molecular formula is C21H26ClN5O5. The fraction of sp³-hybridized carbons (Fsp3) is 0.476. The molecule has 1 saturated carbocycles. The Labute approximate surface area is 189 Å². The van der Waals surface area contributed by atoms with Crippen LogP contribution >= 0.6 is 11.6 Å². The second-order valence-corrected chi connectivity index (χ2v) is 8.48. The van der Waals surface area contributed by atoms with Crippen molar-refractivity contribution in [2.45, 2.75) is 57.1 Å². The van der Waals surface area contributed by atoms with Gasteiger partial charge in [-0.05, 0) is 31.0 Å². The monoisotopic (exact) mass is 463 g/mol. The van der Waals surface area contributed by atoms with Gasteiger partial charge in [0.1, 0.15) is 12.7 Å². The van der Waals surface area contributed by atoms with Crippen molar-refractivity contribution in [1.29, 1.82) is 0 Å². The summed E-state index contributed by atoms with van der Waals surface area (Å²) in [6, 6.07) is 4.23. The molecule has 1 aliphatic carbocycles.